The van der Waals surface area contributed by atoms with Gasteiger partial charge in [0.25, 0.3) is 0 Å². The van der Waals surface area contributed by atoms with Gasteiger partial charge in [-0.2, -0.15) is 0 Å². The van der Waals surface area contributed by atoms with Gasteiger partial charge in [-0.15, -0.1) is 0 Å². The lowest BCUT2D eigenvalue weighted by Crippen LogP contribution is -2.15. The molecule has 1 atom stereocenters. The molecule has 0 saturated heterocycles. The molecule has 1 heterocycles. The third kappa shape index (κ3) is 2.34. The molecule has 0 bridgehead atoms. The summed E-state index contributed by atoms with van der Waals surface area (Å²) in [6.07, 6.45) is 4.42. The highest BCUT2D eigenvalue weighted by molar-refractivity contribution is 5.20. The first-order valence-electron chi connectivity index (χ1n) is 5.87. The highest BCUT2D eigenvalue weighted by Gasteiger charge is 2.26. The number of rotatable bonds is 4. The highest BCUT2D eigenvalue weighted by Crippen LogP contribution is 2.39. The van der Waals surface area contributed by atoms with E-state index in [9.17, 15) is 0 Å². The zero-order chi connectivity index (χ0) is 10.8. The average Bonchev–Trinajstić information content (AvgIpc) is 3.11. The zero-order valence-electron chi connectivity index (χ0n) is 9.53. The molecule has 1 saturated carbocycles. The summed E-state index contributed by atoms with van der Waals surface area (Å²) in [5.74, 6) is 1.51. The molecule has 15 heavy (non-hydrogen) atoms. The molecule has 1 aliphatic carbocycles. The Bertz CT molecular complexity index is 345. The molecule has 82 valence electrons. The Hall–Kier alpha value is -0.960. The van der Waals surface area contributed by atoms with E-state index in [1.54, 1.807) is 0 Å². The highest BCUT2D eigenvalue weighted by atomic mass is 14.9. The Morgan fingerprint density at radius 1 is 1.40 bits per heavy atom. The van der Waals surface area contributed by atoms with Crippen molar-refractivity contribution in [3.05, 3.63) is 23.3 Å². The lowest BCUT2D eigenvalue weighted by atomic mass is 10.1. The van der Waals surface area contributed by atoms with Crippen LogP contribution in [0.4, 0.5) is 0 Å². The van der Waals surface area contributed by atoms with E-state index in [4.69, 9.17) is 5.73 Å². The van der Waals surface area contributed by atoms with Crippen LogP contribution < -0.4 is 5.73 Å². The van der Waals surface area contributed by atoms with Gasteiger partial charge in [0.1, 0.15) is 5.82 Å². The first kappa shape index (κ1) is 10.6. The topological polar surface area (TPSA) is 51.8 Å². The summed E-state index contributed by atoms with van der Waals surface area (Å²) in [6, 6.07) is 2.14. The van der Waals surface area contributed by atoms with E-state index >= 15 is 0 Å². The largest absolute Gasteiger partial charge is 0.321 e. The molecule has 2 rings (SSSR count). The van der Waals surface area contributed by atoms with Crippen molar-refractivity contribution >= 4 is 0 Å². The average molecular weight is 205 g/mol. The molecule has 0 aliphatic heterocycles. The minimum Gasteiger partial charge on any atom is -0.321 e. The molecule has 0 spiro atoms. The Labute approximate surface area is 91.1 Å². The summed E-state index contributed by atoms with van der Waals surface area (Å²) in [4.78, 5) is 9.07. The molecule has 1 aliphatic rings. The minimum absolute atomic E-state index is 0.00556. The number of aromatic nitrogens is 2. The number of hydrogen-bond donors (Lipinski definition) is 1. The Morgan fingerprint density at radius 2 is 2.13 bits per heavy atom. The molecule has 3 nitrogen and oxygen atoms in total. The van der Waals surface area contributed by atoms with Gasteiger partial charge in [0.2, 0.25) is 0 Å². The lowest BCUT2D eigenvalue weighted by Gasteiger charge is -2.10. The van der Waals surface area contributed by atoms with E-state index in [0.29, 0.717) is 5.92 Å². The Balaban J connectivity index is 2.32. The molecule has 0 amide bonds. The van der Waals surface area contributed by atoms with Crippen LogP contribution in [0.2, 0.25) is 0 Å². The van der Waals surface area contributed by atoms with E-state index in [1.165, 1.54) is 18.5 Å². The van der Waals surface area contributed by atoms with Gasteiger partial charge in [0.05, 0.1) is 6.04 Å². The van der Waals surface area contributed by atoms with Crippen molar-refractivity contribution in [2.45, 2.75) is 51.5 Å². The van der Waals surface area contributed by atoms with Gasteiger partial charge in [-0.1, -0.05) is 13.8 Å². The fourth-order valence-electron chi connectivity index (χ4n) is 1.66. The minimum atomic E-state index is -0.00556. The fourth-order valence-corrected chi connectivity index (χ4v) is 1.66. The maximum Gasteiger partial charge on any atom is 0.145 e. The zero-order valence-corrected chi connectivity index (χ0v) is 9.53. The van der Waals surface area contributed by atoms with Gasteiger partial charge in [-0.25, -0.2) is 9.97 Å². The second-order valence-corrected chi connectivity index (χ2v) is 4.28. The molecule has 3 heteroatoms. The third-order valence-electron chi connectivity index (χ3n) is 2.95. The standard InChI is InChI=1S/C12H19N3/c1-3-9-7-11(8-5-6-8)15-12(14-9)10(13)4-2/h7-8,10H,3-6,13H2,1-2H3. The molecule has 2 N–H and O–H groups in total. The SMILES string of the molecule is CCc1cc(C2CC2)nc(C(N)CC)n1. The van der Waals surface area contributed by atoms with E-state index in [2.05, 4.69) is 29.9 Å². The number of hydrogen-bond acceptors (Lipinski definition) is 3. The van der Waals surface area contributed by atoms with E-state index in [1.807, 2.05) is 0 Å². The van der Waals surface area contributed by atoms with E-state index < -0.39 is 0 Å². The number of nitrogens with two attached hydrogens (primary N) is 1. The smallest absolute Gasteiger partial charge is 0.145 e. The van der Waals surface area contributed by atoms with Crippen molar-refractivity contribution < 1.29 is 0 Å². The maximum absolute atomic E-state index is 5.98. The van der Waals surface area contributed by atoms with Crippen molar-refractivity contribution in [2.75, 3.05) is 0 Å². The molecule has 1 aromatic heterocycles. The number of aryl methyl sites for hydroxylation is 1. The van der Waals surface area contributed by atoms with Crippen LogP contribution in [0, 0.1) is 0 Å². The summed E-state index contributed by atoms with van der Waals surface area (Å²) < 4.78 is 0. The summed E-state index contributed by atoms with van der Waals surface area (Å²) >= 11 is 0. The van der Waals surface area contributed by atoms with Crippen molar-refractivity contribution in [1.29, 1.82) is 0 Å². The van der Waals surface area contributed by atoms with Gasteiger partial charge in [0.15, 0.2) is 0 Å². The first-order chi connectivity index (χ1) is 7.24. The predicted octanol–water partition coefficient (Wildman–Crippen LogP) is 2.33. The predicted molar refractivity (Wildman–Crippen MR) is 60.6 cm³/mol. The molecule has 1 unspecified atom stereocenters. The quantitative estimate of drug-likeness (QED) is 0.820. The molecule has 1 fully saturated rings. The van der Waals surface area contributed by atoms with Crippen LogP contribution in [0.25, 0.3) is 0 Å². The van der Waals surface area contributed by atoms with Gasteiger partial charge in [0, 0.05) is 17.3 Å². The summed E-state index contributed by atoms with van der Waals surface area (Å²) in [7, 11) is 0. The third-order valence-corrected chi connectivity index (χ3v) is 2.95. The summed E-state index contributed by atoms with van der Waals surface area (Å²) in [6.45, 7) is 4.20. The van der Waals surface area contributed by atoms with Gasteiger partial charge < -0.3 is 5.73 Å². The normalized spacial score (nSPS) is 17.8. The van der Waals surface area contributed by atoms with E-state index in [0.717, 1.165) is 24.4 Å². The fraction of sp³-hybridized carbons (Fsp3) is 0.667. The van der Waals surface area contributed by atoms with Crippen molar-refractivity contribution in [2.24, 2.45) is 5.73 Å². The van der Waals surface area contributed by atoms with Crippen LogP contribution in [0.15, 0.2) is 6.07 Å². The molecule has 0 radical (unpaired) electrons. The van der Waals surface area contributed by atoms with Crippen LogP contribution in [-0.4, -0.2) is 9.97 Å². The Morgan fingerprint density at radius 3 is 2.67 bits per heavy atom. The van der Waals surface area contributed by atoms with Crippen molar-refractivity contribution in [3.63, 3.8) is 0 Å². The van der Waals surface area contributed by atoms with Gasteiger partial charge in [-0.3, -0.25) is 0 Å². The lowest BCUT2D eigenvalue weighted by molar-refractivity contribution is 0.636. The van der Waals surface area contributed by atoms with Crippen LogP contribution in [0.3, 0.4) is 0 Å². The number of nitrogens with zero attached hydrogens (tertiary/aromatic N) is 2. The maximum atomic E-state index is 5.98. The molecular weight excluding hydrogens is 186 g/mol. The Kier molecular flexibility index (Phi) is 3.00. The van der Waals surface area contributed by atoms with Crippen LogP contribution in [-0.2, 0) is 6.42 Å². The second-order valence-electron chi connectivity index (χ2n) is 4.28. The monoisotopic (exact) mass is 205 g/mol. The molecular formula is C12H19N3. The van der Waals surface area contributed by atoms with Gasteiger partial charge >= 0.3 is 0 Å². The van der Waals surface area contributed by atoms with Crippen LogP contribution in [0.5, 0.6) is 0 Å². The van der Waals surface area contributed by atoms with E-state index in [-0.39, 0.29) is 6.04 Å². The summed E-state index contributed by atoms with van der Waals surface area (Å²) in [5.41, 5.74) is 8.32. The van der Waals surface area contributed by atoms with Crippen LogP contribution >= 0.6 is 0 Å². The molecule has 0 aromatic carbocycles. The molecule has 1 aromatic rings. The van der Waals surface area contributed by atoms with Gasteiger partial charge in [-0.05, 0) is 31.7 Å². The van der Waals surface area contributed by atoms with Crippen LogP contribution in [0.1, 0.15) is 62.3 Å². The summed E-state index contributed by atoms with van der Waals surface area (Å²) in [5, 5.41) is 0. The first-order valence-corrected chi connectivity index (χ1v) is 5.87. The van der Waals surface area contributed by atoms with Crippen molar-refractivity contribution in [3.8, 4) is 0 Å². The second kappa shape index (κ2) is 4.27. The van der Waals surface area contributed by atoms with Crippen molar-refractivity contribution in [1.82, 2.24) is 9.97 Å².